The van der Waals surface area contributed by atoms with E-state index in [0.29, 0.717) is 12.0 Å². The summed E-state index contributed by atoms with van der Waals surface area (Å²) < 4.78 is 16.4. The van der Waals surface area contributed by atoms with Gasteiger partial charge in [-0.2, -0.15) is 5.10 Å². The van der Waals surface area contributed by atoms with Crippen molar-refractivity contribution in [2.45, 2.75) is 32.3 Å². The quantitative estimate of drug-likeness (QED) is 0.732. The molecule has 3 rings (SSSR count). The number of halogens is 1. The van der Waals surface area contributed by atoms with Crippen LogP contribution < -0.4 is 0 Å². The van der Waals surface area contributed by atoms with Crippen molar-refractivity contribution in [2.24, 2.45) is 13.0 Å². The number of phenolic OH excluding ortho intramolecular Hbond substituents is 2. The molecule has 3 atom stereocenters. The van der Waals surface area contributed by atoms with Gasteiger partial charge in [-0.25, -0.2) is 4.39 Å². The number of aliphatic hydroxyl groups is 1. The third-order valence-corrected chi connectivity index (χ3v) is 5.12. The number of nitrogens with zero attached hydrogens (tertiary/aromatic N) is 2. The Morgan fingerprint density at radius 1 is 1.38 bits per heavy atom. The molecule has 1 heterocycles. The lowest BCUT2D eigenvalue weighted by molar-refractivity contribution is 0.168. The van der Waals surface area contributed by atoms with Crippen molar-refractivity contribution in [3.05, 3.63) is 53.6 Å². The number of aromatic nitrogens is 2. The Morgan fingerprint density at radius 2 is 2.08 bits per heavy atom. The van der Waals surface area contributed by atoms with Crippen molar-refractivity contribution >= 4 is 0 Å². The van der Waals surface area contributed by atoms with E-state index in [1.54, 1.807) is 26.2 Å². The normalized spacial score (nSPS) is 23.0. The molecule has 0 saturated carbocycles. The van der Waals surface area contributed by atoms with Crippen LogP contribution in [0.4, 0.5) is 4.39 Å². The Labute approximate surface area is 151 Å². The van der Waals surface area contributed by atoms with E-state index < -0.39 is 23.6 Å². The van der Waals surface area contributed by atoms with Crippen molar-refractivity contribution in [1.29, 1.82) is 0 Å². The first kappa shape index (κ1) is 18.2. The lowest BCUT2D eigenvalue weighted by Crippen LogP contribution is -2.26. The van der Waals surface area contributed by atoms with E-state index in [9.17, 15) is 19.7 Å². The Bertz CT molecular complexity index is 901. The zero-order valence-corrected chi connectivity index (χ0v) is 15.1. The van der Waals surface area contributed by atoms with Crippen LogP contribution in [0.15, 0.2) is 42.3 Å². The van der Waals surface area contributed by atoms with Crippen LogP contribution in [0.1, 0.15) is 31.7 Å². The molecule has 3 unspecified atom stereocenters. The molecule has 1 aliphatic carbocycles. The molecule has 0 bridgehead atoms. The third-order valence-electron chi connectivity index (χ3n) is 5.12. The zero-order chi connectivity index (χ0) is 19.2. The van der Waals surface area contributed by atoms with Gasteiger partial charge in [-0.15, -0.1) is 0 Å². The number of phenols is 2. The van der Waals surface area contributed by atoms with Crippen LogP contribution >= 0.6 is 0 Å². The number of hydrogen-bond acceptors (Lipinski definition) is 4. The fraction of sp³-hybridized carbons (Fsp3) is 0.350. The van der Waals surface area contributed by atoms with E-state index in [2.05, 4.69) is 11.7 Å². The molecule has 5 nitrogen and oxygen atoms in total. The number of rotatable bonds is 3. The molecule has 3 N–H and O–H groups in total. The van der Waals surface area contributed by atoms with Crippen molar-refractivity contribution in [3.63, 3.8) is 0 Å². The molecule has 0 fully saturated rings. The van der Waals surface area contributed by atoms with Gasteiger partial charge in [0.2, 0.25) is 0 Å². The maximum Gasteiger partial charge on any atom is 0.173 e. The highest BCUT2D eigenvalue weighted by atomic mass is 19.1. The topological polar surface area (TPSA) is 78.5 Å². The van der Waals surface area contributed by atoms with Crippen LogP contribution in [0, 0.1) is 11.7 Å². The second kappa shape index (κ2) is 6.61. The summed E-state index contributed by atoms with van der Waals surface area (Å²) in [6.45, 7) is 7.56. The van der Waals surface area contributed by atoms with Gasteiger partial charge >= 0.3 is 0 Å². The Balaban J connectivity index is 2.16. The SMILES string of the molecule is C=C(C)C1CC(O)C(C)=CC1c1c(O)cc(-c2cnn(C)c2)c(F)c1O. The molecule has 1 aromatic carbocycles. The summed E-state index contributed by atoms with van der Waals surface area (Å²) >= 11 is 0. The van der Waals surface area contributed by atoms with Gasteiger partial charge in [-0.05, 0) is 37.8 Å². The van der Waals surface area contributed by atoms with Crippen LogP contribution in [0.25, 0.3) is 11.1 Å². The summed E-state index contributed by atoms with van der Waals surface area (Å²) in [6, 6.07) is 1.31. The Morgan fingerprint density at radius 3 is 2.65 bits per heavy atom. The van der Waals surface area contributed by atoms with Gasteiger partial charge in [0.15, 0.2) is 11.6 Å². The van der Waals surface area contributed by atoms with Gasteiger partial charge in [-0.3, -0.25) is 4.68 Å². The van der Waals surface area contributed by atoms with Gasteiger partial charge in [0.1, 0.15) is 5.75 Å². The standard InChI is InChI=1S/C20H23FN2O3/c1-10(2)13-6-16(24)11(3)5-15(13)18-17(25)7-14(19(21)20(18)26)12-8-22-23(4)9-12/h5,7-9,13,15-16,24-26H,1,6H2,2-4H3. The lowest BCUT2D eigenvalue weighted by Gasteiger charge is -2.34. The average Bonchev–Trinajstić information content (AvgIpc) is 3.00. The second-order valence-corrected chi connectivity index (χ2v) is 7.06. The number of aromatic hydroxyl groups is 2. The largest absolute Gasteiger partial charge is 0.507 e. The van der Waals surface area contributed by atoms with Gasteiger partial charge < -0.3 is 15.3 Å². The number of aryl methyl sites for hydroxylation is 1. The van der Waals surface area contributed by atoms with E-state index in [-0.39, 0.29) is 22.8 Å². The van der Waals surface area contributed by atoms with Gasteiger partial charge in [-0.1, -0.05) is 18.2 Å². The summed E-state index contributed by atoms with van der Waals surface area (Å²) in [5, 5.41) is 35.3. The summed E-state index contributed by atoms with van der Waals surface area (Å²) in [5.41, 5.74) is 2.19. The summed E-state index contributed by atoms with van der Waals surface area (Å²) in [7, 11) is 1.70. The Hall–Kier alpha value is -2.60. The number of hydrogen-bond donors (Lipinski definition) is 3. The molecule has 0 aliphatic heterocycles. The molecule has 0 amide bonds. The monoisotopic (exact) mass is 358 g/mol. The minimum atomic E-state index is -0.802. The van der Waals surface area contributed by atoms with E-state index in [1.165, 1.54) is 16.9 Å². The molecule has 1 aromatic heterocycles. The fourth-order valence-electron chi connectivity index (χ4n) is 3.62. The van der Waals surface area contributed by atoms with Gasteiger partial charge in [0, 0.05) is 35.9 Å². The van der Waals surface area contributed by atoms with Crippen molar-refractivity contribution in [2.75, 3.05) is 0 Å². The van der Waals surface area contributed by atoms with E-state index in [4.69, 9.17) is 0 Å². The minimum Gasteiger partial charge on any atom is -0.507 e. The fourth-order valence-corrected chi connectivity index (χ4v) is 3.62. The summed E-state index contributed by atoms with van der Waals surface area (Å²) in [4.78, 5) is 0. The third kappa shape index (κ3) is 3.01. The van der Waals surface area contributed by atoms with Crippen LogP contribution in [-0.4, -0.2) is 31.2 Å². The predicted molar refractivity (Wildman–Crippen MR) is 97.4 cm³/mol. The van der Waals surface area contributed by atoms with Crippen LogP contribution in [-0.2, 0) is 7.05 Å². The molecule has 1 aliphatic rings. The van der Waals surface area contributed by atoms with Crippen LogP contribution in [0.5, 0.6) is 11.5 Å². The highest BCUT2D eigenvalue weighted by Gasteiger charge is 2.35. The van der Waals surface area contributed by atoms with Crippen LogP contribution in [0.2, 0.25) is 0 Å². The molecule has 26 heavy (non-hydrogen) atoms. The molecular weight excluding hydrogens is 335 g/mol. The molecule has 138 valence electrons. The van der Waals surface area contributed by atoms with Gasteiger partial charge in [0.25, 0.3) is 0 Å². The molecule has 0 spiro atoms. The highest BCUT2D eigenvalue weighted by molar-refractivity contribution is 5.69. The Kier molecular flexibility index (Phi) is 4.63. The van der Waals surface area contributed by atoms with Crippen LogP contribution in [0.3, 0.4) is 0 Å². The molecule has 2 aromatic rings. The van der Waals surface area contributed by atoms with E-state index >= 15 is 0 Å². The molecule has 0 saturated heterocycles. The maximum atomic E-state index is 14.9. The van der Waals surface area contributed by atoms with E-state index in [1.807, 2.05) is 6.92 Å². The molecular formula is C20H23FN2O3. The predicted octanol–water partition coefficient (Wildman–Crippen LogP) is 3.62. The van der Waals surface area contributed by atoms with Crippen molar-refractivity contribution in [3.8, 4) is 22.6 Å². The average molecular weight is 358 g/mol. The second-order valence-electron chi connectivity index (χ2n) is 7.06. The molecule has 6 heteroatoms. The van der Waals surface area contributed by atoms with E-state index in [0.717, 1.165) is 11.1 Å². The van der Waals surface area contributed by atoms with Crippen molar-refractivity contribution in [1.82, 2.24) is 9.78 Å². The number of benzene rings is 1. The van der Waals surface area contributed by atoms with Crippen molar-refractivity contribution < 1.29 is 19.7 Å². The van der Waals surface area contributed by atoms with Gasteiger partial charge in [0.05, 0.1) is 12.3 Å². The number of aliphatic hydroxyl groups excluding tert-OH is 1. The lowest BCUT2D eigenvalue weighted by atomic mass is 9.72. The summed E-state index contributed by atoms with van der Waals surface area (Å²) in [5.74, 6) is -2.26. The zero-order valence-electron chi connectivity index (χ0n) is 15.1. The first-order valence-electron chi connectivity index (χ1n) is 8.45. The highest BCUT2D eigenvalue weighted by Crippen LogP contribution is 2.48. The molecule has 0 radical (unpaired) electrons. The minimum absolute atomic E-state index is 0.0836. The first-order chi connectivity index (χ1) is 12.2. The maximum absolute atomic E-state index is 14.9. The first-order valence-corrected chi connectivity index (χ1v) is 8.45. The summed E-state index contributed by atoms with van der Waals surface area (Å²) in [6.07, 6.45) is 4.64. The smallest absolute Gasteiger partial charge is 0.173 e. The number of allylic oxidation sites excluding steroid dienone is 2.